The van der Waals surface area contributed by atoms with Crippen molar-refractivity contribution in [3.05, 3.63) is 30.1 Å². The Bertz CT molecular complexity index is 1310. The Balaban J connectivity index is 1.68. The second kappa shape index (κ2) is 43.7. The maximum Gasteiger partial charge on any atom is 0.411 e. The molecule has 7 N–H and O–H groups in total. The first-order chi connectivity index (χ1) is 33.7. The number of carbonyl (C=O) groups is 1. The fourth-order valence-corrected chi connectivity index (χ4v) is 9.55. The van der Waals surface area contributed by atoms with Crippen LogP contribution in [0.5, 0.6) is 0 Å². The molecule has 0 radical (unpaired) electrons. The van der Waals surface area contributed by atoms with Crippen LogP contribution in [0.1, 0.15) is 251 Å². The highest BCUT2D eigenvalue weighted by atomic mass is 19.1. The molecule has 0 bridgehead atoms. The Morgan fingerprint density at radius 1 is 0.594 bits per heavy atom. The molecule has 0 saturated carbocycles. The Hall–Kier alpha value is -1.90. The predicted molar refractivity (Wildman–Crippen MR) is 280 cm³/mol. The van der Waals surface area contributed by atoms with Crippen LogP contribution in [0.2, 0.25) is 0 Å². The molecule has 0 spiro atoms. The monoisotopic (exact) mass is 981 g/mol. The average molecular weight is 981 g/mol. The summed E-state index contributed by atoms with van der Waals surface area (Å²) in [5, 5.41) is 60.4. The number of carbonyl (C=O) groups excluding carboxylic acids is 1. The lowest BCUT2D eigenvalue weighted by molar-refractivity contribution is -0.302. The van der Waals surface area contributed by atoms with Crippen LogP contribution in [-0.2, 0) is 14.2 Å². The fourth-order valence-electron chi connectivity index (χ4n) is 9.55. The van der Waals surface area contributed by atoms with Crippen LogP contribution in [0.25, 0.3) is 0 Å². The molecule has 0 aromatic heterocycles. The van der Waals surface area contributed by atoms with E-state index < -0.39 is 67.5 Å². The molecule has 2 rings (SSSR count). The van der Waals surface area contributed by atoms with E-state index in [9.17, 15) is 34.7 Å². The third-order valence-corrected chi connectivity index (χ3v) is 14.2. The van der Waals surface area contributed by atoms with Gasteiger partial charge in [0, 0.05) is 5.69 Å². The zero-order chi connectivity index (χ0) is 50.0. The number of ether oxygens (including phenoxy) is 3. The minimum absolute atomic E-state index is 0.158. The van der Waals surface area contributed by atoms with Crippen molar-refractivity contribution in [1.82, 2.24) is 5.32 Å². The second-order valence-corrected chi connectivity index (χ2v) is 20.5. The van der Waals surface area contributed by atoms with E-state index in [1.54, 1.807) is 0 Å². The number of aliphatic hydroxyl groups excluding tert-OH is 5. The molecule has 1 aliphatic rings. The van der Waals surface area contributed by atoms with Gasteiger partial charge in [0.25, 0.3) is 0 Å². The van der Waals surface area contributed by atoms with Crippen LogP contribution < -0.4 is 10.6 Å². The minimum Gasteiger partial charge on any atom is -0.446 e. The summed E-state index contributed by atoms with van der Waals surface area (Å²) >= 11 is 0. The highest BCUT2D eigenvalue weighted by Crippen LogP contribution is 2.24. The van der Waals surface area contributed by atoms with Crippen LogP contribution in [0.15, 0.2) is 24.3 Å². The first kappa shape index (κ1) is 63.2. The third kappa shape index (κ3) is 32.7. The third-order valence-electron chi connectivity index (χ3n) is 14.2. The molecule has 11 nitrogen and oxygen atoms in total. The molecule has 404 valence electrons. The number of anilines is 1. The molecule has 1 aromatic rings. The lowest BCUT2D eigenvalue weighted by Gasteiger charge is -2.40. The summed E-state index contributed by atoms with van der Waals surface area (Å²) in [7, 11) is 0. The highest BCUT2D eigenvalue weighted by Gasteiger charge is 2.45. The van der Waals surface area contributed by atoms with Gasteiger partial charge in [-0.25, -0.2) is 9.18 Å². The topological polar surface area (TPSA) is 170 Å². The van der Waals surface area contributed by atoms with E-state index in [1.165, 1.54) is 211 Å². The van der Waals surface area contributed by atoms with E-state index in [1.807, 2.05) is 0 Å². The molecule has 0 unspecified atom stereocenters. The number of benzene rings is 1. The number of hydrogen-bond acceptors (Lipinski definition) is 10. The van der Waals surface area contributed by atoms with Crippen molar-refractivity contribution in [2.45, 2.75) is 300 Å². The SMILES string of the molecule is CCCCCCCCCCCCCCCCCCCCCCCCCCN[C@@H](CO[C@H]1O[C@H](COC(=O)Nc2cccc(F)c2)[C@H](O)[C@H](O)[C@H]1O)[C@H](O)[C@H](O)CCCCCCCCCCCCCC. The van der Waals surface area contributed by atoms with Gasteiger partial charge in [0.15, 0.2) is 6.29 Å². The van der Waals surface area contributed by atoms with E-state index >= 15 is 0 Å². The maximum atomic E-state index is 13.6. The fraction of sp³-hybridized carbons (Fsp3) is 0.877. The van der Waals surface area contributed by atoms with Crippen molar-refractivity contribution in [2.75, 3.05) is 25.1 Å². The molecule has 1 saturated heterocycles. The predicted octanol–water partition coefficient (Wildman–Crippen LogP) is 13.4. The molecular formula is C57H105FN2O9. The van der Waals surface area contributed by atoms with Gasteiger partial charge in [-0.05, 0) is 37.6 Å². The van der Waals surface area contributed by atoms with Crippen molar-refractivity contribution in [1.29, 1.82) is 0 Å². The normalized spacial score (nSPS) is 19.7. The summed E-state index contributed by atoms with van der Waals surface area (Å²) in [4.78, 5) is 12.4. The van der Waals surface area contributed by atoms with Crippen LogP contribution in [0.4, 0.5) is 14.9 Å². The molecule has 1 aromatic carbocycles. The van der Waals surface area contributed by atoms with Crippen molar-refractivity contribution in [3.63, 3.8) is 0 Å². The summed E-state index contributed by atoms with van der Waals surface area (Å²) in [6.07, 6.45) is 36.2. The van der Waals surface area contributed by atoms with Crippen molar-refractivity contribution in [3.8, 4) is 0 Å². The molecule has 1 fully saturated rings. The van der Waals surface area contributed by atoms with Crippen LogP contribution in [0, 0.1) is 5.82 Å². The Kier molecular flexibility index (Phi) is 40.0. The van der Waals surface area contributed by atoms with Crippen molar-refractivity contribution in [2.24, 2.45) is 0 Å². The average Bonchev–Trinajstić information content (AvgIpc) is 3.34. The molecule has 12 heteroatoms. The Labute approximate surface area is 420 Å². The van der Waals surface area contributed by atoms with Gasteiger partial charge in [-0.1, -0.05) is 245 Å². The van der Waals surface area contributed by atoms with Gasteiger partial charge in [0.2, 0.25) is 0 Å². The zero-order valence-electron chi connectivity index (χ0n) is 44.0. The number of aliphatic hydroxyl groups is 5. The Morgan fingerprint density at radius 3 is 1.45 bits per heavy atom. The van der Waals surface area contributed by atoms with E-state index in [2.05, 4.69) is 24.5 Å². The quantitative estimate of drug-likeness (QED) is 0.0312. The van der Waals surface area contributed by atoms with Gasteiger partial charge < -0.3 is 45.1 Å². The standard InChI is InChI=1S/C57H105FN2O9/c1-3-5-7-9-11-13-15-17-18-19-20-21-22-23-24-25-26-27-28-30-32-34-36-38-43-59-49(52(62)50(61)42-37-35-33-31-29-16-14-12-10-8-6-4-2)45-67-56-55(65)54(64)53(63)51(69-56)46-68-57(66)60-48-41-39-40-47(58)44-48/h39-41,44,49-56,59,61-65H,3-38,42-43,45-46H2,1-2H3,(H,60,66)/t49-,50+,51+,52-,53-,54-,55+,56-/m0/s1. The van der Waals surface area contributed by atoms with Gasteiger partial charge in [-0.15, -0.1) is 0 Å². The van der Waals surface area contributed by atoms with Crippen molar-refractivity contribution < 1.29 is 48.9 Å². The number of halogens is 1. The van der Waals surface area contributed by atoms with Gasteiger partial charge >= 0.3 is 6.09 Å². The number of unbranched alkanes of at least 4 members (excludes halogenated alkanes) is 34. The molecule has 0 aliphatic carbocycles. The molecule has 1 heterocycles. The summed E-state index contributed by atoms with van der Waals surface area (Å²) in [5.74, 6) is -0.540. The first-order valence-electron chi connectivity index (χ1n) is 28.8. The van der Waals surface area contributed by atoms with Gasteiger partial charge in [0.05, 0.1) is 24.9 Å². The summed E-state index contributed by atoms with van der Waals surface area (Å²) in [6, 6.07) is 4.57. The number of rotatable bonds is 47. The highest BCUT2D eigenvalue weighted by molar-refractivity contribution is 5.84. The van der Waals surface area contributed by atoms with Crippen molar-refractivity contribution >= 4 is 11.8 Å². The largest absolute Gasteiger partial charge is 0.446 e. The molecule has 8 atom stereocenters. The minimum atomic E-state index is -1.67. The van der Waals surface area contributed by atoms with E-state index in [0.717, 1.165) is 44.6 Å². The Morgan fingerprint density at radius 2 is 1.01 bits per heavy atom. The van der Waals surface area contributed by atoms with E-state index in [4.69, 9.17) is 14.2 Å². The summed E-state index contributed by atoms with van der Waals surface area (Å²) < 4.78 is 30.5. The second-order valence-electron chi connectivity index (χ2n) is 20.5. The van der Waals surface area contributed by atoms with Crippen LogP contribution >= 0.6 is 0 Å². The van der Waals surface area contributed by atoms with Gasteiger partial charge in [-0.2, -0.15) is 0 Å². The number of hydrogen-bond donors (Lipinski definition) is 7. The molecule has 1 amide bonds. The van der Waals surface area contributed by atoms with E-state index in [-0.39, 0.29) is 12.3 Å². The first-order valence-corrected chi connectivity index (χ1v) is 28.8. The van der Waals surface area contributed by atoms with Crippen LogP contribution in [0.3, 0.4) is 0 Å². The van der Waals surface area contributed by atoms with Crippen LogP contribution in [-0.4, -0.2) is 100 Å². The smallest absolute Gasteiger partial charge is 0.411 e. The summed E-state index contributed by atoms with van der Waals surface area (Å²) in [6.45, 7) is 4.48. The maximum absolute atomic E-state index is 13.6. The molecular weight excluding hydrogens is 876 g/mol. The van der Waals surface area contributed by atoms with E-state index in [0.29, 0.717) is 13.0 Å². The summed E-state index contributed by atoms with van der Waals surface area (Å²) in [5.41, 5.74) is 0.172. The van der Waals surface area contributed by atoms with Gasteiger partial charge in [0.1, 0.15) is 36.8 Å². The molecule has 69 heavy (non-hydrogen) atoms. The lowest BCUT2D eigenvalue weighted by atomic mass is 9.98. The number of amides is 1. The zero-order valence-corrected chi connectivity index (χ0v) is 44.0. The van der Waals surface area contributed by atoms with Gasteiger partial charge in [-0.3, -0.25) is 5.32 Å². The molecule has 1 aliphatic heterocycles. The number of nitrogens with one attached hydrogen (secondary N) is 2. The lowest BCUT2D eigenvalue weighted by Crippen LogP contribution is -2.60.